The first-order chi connectivity index (χ1) is 6.18. The molecule has 0 saturated carbocycles. The molecule has 0 spiro atoms. The fourth-order valence-corrected chi connectivity index (χ4v) is 1.98. The average molecular weight is 197 g/mol. The molecular weight excluding hydrogens is 184 g/mol. The Kier molecular flexibility index (Phi) is 2.08. The van der Waals surface area contributed by atoms with Crippen molar-refractivity contribution in [2.75, 3.05) is 30.9 Å². The van der Waals surface area contributed by atoms with E-state index in [2.05, 4.69) is 11.4 Å². The summed E-state index contributed by atoms with van der Waals surface area (Å²) in [6, 6.07) is 4.18. The van der Waals surface area contributed by atoms with Gasteiger partial charge in [-0.05, 0) is 24.1 Å². The van der Waals surface area contributed by atoms with Crippen LogP contribution in [0.15, 0.2) is 12.1 Å². The molecule has 3 heteroatoms. The molecule has 1 aliphatic rings. The van der Waals surface area contributed by atoms with E-state index in [-0.39, 0.29) is 0 Å². The van der Waals surface area contributed by atoms with Crippen LogP contribution in [-0.4, -0.2) is 20.6 Å². The Balaban J connectivity index is 2.49. The van der Waals surface area contributed by atoms with Crippen LogP contribution in [0.4, 0.5) is 11.4 Å². The first-order valence-corrected chi connectivity index (χ1v) is 4.80. The van der Waals surface area contributed by atoms with Gasteiger partial charge in [0, 0.05) is 26.3 Å². The van der Waals surface area contributed by atoms with E-state index in [4.69, 9.17) is 11.6 Å². The number of hydrogen-bond donors (Lipinski definition) is 1. The van der Waals surface area contributed by atoms with Gasteiger partial charge in [0.1, 0.15) is 0 Å². The minimum Gasteiger partial charge on any atom is -0.384 e. The molecular formula is C10H13ClN2. The van der Waals surface area contributed by atoms with Gasteiger partial charge in [0.15, 0.2) is 0 Å². The predicted octanol–water partition coefficient (Wildman–Crippen LogP) is 2.37. The summed E-state index contributed by atoms with van der Waals surface area (Å²) in [5.41, 5.74) is 3.66. The van der Waals surface area contributed by atoms with E-state index < -0.39 is 0 Å². The van der Waals surface area contributed by atoms with Gasteiger partial charge in [0.25, 0.3) is 0 Å². The minimum absolute atomic E-state index is 0.818. The van der Waals surface area contributed by atoms with Crippen molar-refractivity contribution < 1.29 is 0 Å². The molecule has 0 aliphatic carbocycles. The van der Waals surface area contributed by atoms with E-state index in [0.717, 1.165) is 23.7 Å². The van der Waals surface area contributed by atoms with Crippen LogP contribution >= 0.6 is 11.6 Å². The molecule has 0 saturated heterocycles. The van der Waals surface area contributed by atoms with E-state index in [0.29, 0.717) is 0 Å². The van der Waals surface area contributed by atoms with Crippen LogP contribution in [0.2, 0.25) is 5.02 Å². The molecule has 1 heterocycles. The lowest BCUT2D eigenvalue weighted by molar-refractivity contribution is 1.09. The van der Waals surface area contributed by atoms with E-state index in [1.165, 1.54) is 11.3 Å². The number of nitrogens with zero attached hydrogens (tertiary/aromatic N) is 1. The Morgan fingerprint density at radius 3 is 2.85 bits per heavy atom. The van der Waals surface area contributed by atoms with E-state index in [9.17, 15) is 0 Å². The van der Waals surface area contributed by atoms with Crippen LogP contribution in [0.5, 0.6) is 0 Å². The van der Waals surface area contributed by atoms with Crippen molar-refractivity contribution in [2.24, 2.45) is 0 Å². The molecule has 2 nitrogen and oxygen atoms in total. The van der Waals surface area contributed by atoms with Gasteiger partial charge in [0.2, 0.25) is 0 Å². The van der Waals surface area contributed by atoms with Gasteiger partial charge in [-0.25, -0.2) is 0 Å². The highest BCUT2D eigenvalue weighted by atomic mass is 35.5. The Morgan fingerprint density at radius 1 is 1.38 bits per heavy atom. The number of benzene rings is 1. The monoisotopic (exact) mass is 196 g/mol. The lowest BCUT2D eigenvalue weighted by Gasteiger charge is -2.15. The summed E-state index contributed by atoms with van der Waals surface area (Å²) in [6.07, 6.45) is 1.10. The molecule has 0 radical (unpaired) electrons. The molecule has 1 aromatic rings. The van der Waals surface area contributed by atoms with Crippen LogP contribution in [0.25, 0.3) is 0 Å². The molecule has 70 valence electrons. The lowest BCUT2D eigenvalue weighted by Crippen LogP contribution is -2.09. The highest BCUT2D eigenvalue weighted by Gasteiger charge is 2.13. The molecule has 2 rings (SSSR count). The maximum atomic E-state index is 6.12. The third kappa shape index (κ3) is 1.46. The number of fused-ring (bicyclic) bond motifs is 1. The van der Waals surface area contributed by atoms with Crippen LogP contribution in [0.3, 0.4) is 0 Å². The number of hydrogen-bond acceptors (Lipinski definition) is 2. The van der Waals surface area contributed by atoms with E-state index >= 15 is 0 Å². The number of rotatable bonds is 1. The summed E-state index contributed by atoms with van der Waals surface area (Å²) >= 11 is 6.12. The Bertz CT molecular complexity index is 334. The number of halogens is 1. The van der Waals surface area contributed by atoms with E-state index in [1.54, 1.807) is 0 Å². The van der Waals surface area contributed by atoms with Crippen LogP contribution < -0.4 is 10.2 Å². The molecule has 0 atom stereocenters. The van der Waals surface area contributed by atoms with Crippen molar-refractivity contribution in [3.8, 4) is 0 Å². The van der Waals surface area contributed by atoms with Crippen molar-refractivity contribution in [1.29, 1.82) is 0 Å². The number of nitrogens with one attached hydrogen (secondary N) is 1. The molecule has 0 fully saturated rings. The number of anilines is 2. The highest BCUT2D eigenvalue weighted by Crippen LogP contribution is 2.33. The maximum Gasteiger partial charge on any atom is 0.0660 e. The van der Waals surface area contributed by atoms with E-state index in [1.807, 2.05) is 25.1 Å². The zero-order chi connectivity index (χ0) is 9.42. The van der Waals surface area contributed by atoms with Crippen molar-refractivity contribution in [1.82, 2.24) is 0 Å². The highest BCUT2D eigenvalue weighted by molar-refractivity contribution is 6.33. The third-order valence-electron chi connectivity index (χ3n) is 2.36. The molecule has 0 amide bonds. The Hall–Kier alpha value is -0.890. The van der Waals surface area contributed by atoms with Gasteiger partial charge in [-0.15, -0.1) is 0 Å². The van der Waals surface area contributed by atoms with Crippen molar-refractivity contribution in [3.05, 3.63) is 22.7 Å². The second-order valence-electron chi connectivity index (χ2n) is 3.53. The molecule has 13 heavy (non-hydrogen) atoms. The predicted molar refractivity (Wildman–Crippen MR) is 58.0 cm³/mol. The average Bonchev–Trinajstić information content (AvgIpc) is 2.48. The minimum atomic E-state index is 0.818. The van der Waals surface area contributed by atoms with Crippen LogP contribution in [0.1, 0.15) is 5.56 Å². The smallest absolute Gasteiger partial charge is 0.0660 e. The maximum absolute atomic E-state index is 6.12. The van der Waals surface area contributed by atoms with Gasteiger partial charge in [-0.3, -0.25) is 0 Å². The standard InChI is InChI=1S/C10H13ClN2/c1-13(2)10-5-7-3-4-12-9(7)6-8(10)11/h5-6,12H,3-4H2,1-2H3. The molecule has 0 aromatic heterocycles. The topological polar surface area (TPSA) is 15.3 Å². The summed E-state index contributed by atoms with van der Waals surface area (Å²) in [7, 11) is 4.02. The van der Waals surface area contributed by atoms with Gasteiger partial charge in [0.05, 0.1) is 10.7 Å². The first-order valence-electron chi connectivity index (χ1n) is 4.42. The summed E-state index contributed by atoms with van der Waals surface area (Å²) < 4.78 is 0. The molecule has 1 aromatic carbocycles. The summed E-state index contributed by atoms with van der Waals surface area (Å²) in [5.74, 6) is 0. The van der Waals surface area contributed by atoms with Crippen molar-refractivity contribution in [2.45, 2.75) is 6.42 Å². The summed E-state index contributed by atoms with van der Waals surface area (Å²) in [5, 5.41) is 4.12. The van der Waals surface area contributed by atoms with Gasteiger partial charge < -0.3 is 10.2 Å². The molecule has 0 unspecified atom stereocenters. The summed E-state index contributed by atoms with van der Waals surface area (Å²) in [6.45, 7) is 1.03. The fourth-order valence-electron chi connectivity index (χ4n) is 1.65. The van der Waals surface area contributed by atoms with Crippen LogP contribution in [-0.2, 0) is 6.42 Å². The van der Waals surface area contributed by atoms with Gasteiger partial charge >= 0.3 is 0 Å². The second-order valence-corrected chi connectivity index (χ2v) is 3.94. The zero-order valence-corrected chi connectivity index (χ0v) is 8.65. The second kappa shape index (κ2) is 3.11. The van der Waals surface area contributed by atoms with Gasteiger partial charge in [-0.2, -0.15) is 0 Å². The third-order valence-corrected chi connectivity index (χ3v) is 2.67. The summed E-state index contributed by atoms with van der Waals surface area (Å²) in [4.78, 5) is 2.04. The normalized spacial score (nSPS) is 13.8. The largest absolute Gasteiger partial charge is 0.384 e. The Labute approximate surface area is 83.5 Å². The molecule has 1 aliphatic heterocycles. The zero-order valence-electron chi connectivity index (χ0n) is 7.89. The first kappa shape index (κ1) is 8.70. The van der Waals surface area contributed by atoms with Crippen molar-refractivity contribution >= 4 is 23.0 Å². The lowest BCUT2D eigenvalue weighted by atomic mass is 10.1. The fraction of sp³-hybridized carbons (Fsp3) is 0.400. The van der Waals surface area contributed by atoms with Gasteiger partial charge in [-0.1, -0.05) is 11.6 Å². The quantitative estimate of drug-likeness (QED) is 0.742. The Morgan fingerprint density at radius 2 is 2.15 bits per heavy atom. The van der Waals surface area contributed by atoms with Crippen LogP contribution in [0, 0.1) is 0 Å². The molecule has 0 bridgehead atoms. The van der Waals surface area contributed by atoms with Crippen molar-refractivity contribution in [3.63, 3.8) is 0 Å². The SMILES string of the molecule is CN(C)c1cc2c(cc1Cl)NCC2. The molecule has 1 N–H and O–H groups in total.